The van der Waals surface area contributed by atoms with Crippen molar-refractivity contribution in [2.24, 2.45) is 0 Å². The Bertz CT molecular complexity index is 2770. The summed E-state index contributed by atoms with van der Waals surface area (Å²) in [6, 6.07) is 64.0. The lowest BCUT2D eigenvalue weighted by molar-refractivity contribution is 0.593. The van der Waals surface area contributed by atoms with Gasteiger partial charge in [0.15, 0.2) is 7.14 Å². The molecule has 0 bridgehead atoms. The van der Waals surface area contributed by atoms with Crippen LogP contribution in [0, 0.1) is 0 Å². The van der Waals surface area contributed by atoms with Gasteiger partial charge in [0.25, 0.3) is 0 Å². The summed E-state index contributed by atoms with van der Waals surface area (Å²) >= 11 is 0. The minimum Gasteiger partial charge on any atom is -0.309 e. The fourth-order valence-electron chi connectivity index (χ4n) is 7.99. The second-order valence-corrected chi connectivity index (χ2v) is 15.5. The normalized spacial score (nSPS) is 15.1. The summed E-state index contributed by atoms with van der Waals surface area (Å²) in [7, 11) is -3.13. The predicted octanol–water partition coefficient (Wildman–Crippen LogP) is 10.9. The van der Waals surface area contributed by atoms with Crippen LogP contribution in [0.2, 0.25) is 0 Å². The molecule has 2 heterocycles. The number of nitrogens with zero attached hydrogens (tertiary/aromatic N) is 1. The highest BCUT2D eigenvalue weighted by Crippen LogP contribution is 2.55. The van der Waals surface area contributed by atoms with Crippen molar-refractivity contribution in [1.82, 2.24) is 4.57 Å². The van der Waals surface area contributed by atoms with E-state index in [4.69, 9.17) is 0 Å². The highest BCUT2D eigenvalue weighted by atomic mass is 31.2. The van der Waals surface area contributed by atoms with Crippen molar-refractivity contribution in [3.8, 4) is 39.1 Å². The number of hydrogen-bond acceptors (Lipinski definition) is 1. The first-order valence-electron chi connectivity index (χ1n) is 16.7. The van der Waals surface area contributed by atoms with Crippen molar-refractivity contribution < 1.29 is 4.57 Å². The van der Waals surface area contributed by atoms with Gasteiger partial charge in [0.2, 0.25) is 0 Å². The van der Waals surface area contributed by atoms with Gasteiger partial charge in [0.1, 0.15) is 0 Å². The predicted molar refractivity (Wildman–Crippen MR) is 208 cm³/mol. The third-order valence-electron chi connectivity index (χ3n) is 10.2. The third-order valence-corrected chi connectivity index (χ3v) is 13.4. The van der Waals surface area contributed by atoms with Crippen molar-refractivity contribution in [3.63, 3.8) is 0 Å². The Hall–Kier alpha value is -5.95. The highest BCUT2D eigenvalue weighted by Gasteiger charge is 2.42. The highest BCUT2D eigenvalue weighted by molar-refractivity contribution is 7.86. The van der Waals surface area contributed by atoms with Gasteiger partial charge >= 0.3 is 0 Å². The van der Waals surface area contributed by atoms with E-state index in [1.807, 2.05) is 36.4 Å². The molecule has 1 unspecified atom stereocenters. The standard InChI is InChI=1S/C46H30NOP/c48-49(36-13-2-1-3-14-36)44-20-9-7-16-39(44)40-29-30-43-45(46(40)49)41-17-6-8-19-42(41)47(43)35-27-25-32(26-28-35)31-21-23-34(24-22-31)38-18-10-12-33-11-4-5-15-37(33)38/h1-30H. The summed E-state index contributed by atoms with van der Waals surface area (Å²) in [6.07, 6.45) is 0. The van der Waals surface area contributed by atoms with Crippen LogP contribution >= 0.6 is 7.14 Å². The SMILES string of the molecule is O=P1(c2ccccc2)c2ccccc2-c2ccc3c(c21)c1ccccc1n3-c1ccc(-c2ccc(-c3cccc4ccccc34)cc2)cc1. The minimum atomic E-state index is -3.13. The molecule has 0 radical (unpaired) electrons. The van der Waals surface area contributed by atoms with Crippen molar-refractivity contribution in [1.29, 1.82) is 0 Å². The molecule has 1 aliphatic rings. The Balaban J connectivity index is 1.11. The van der Waals surface area contributed by atoms with E-state index in [1.54, 1.807) is 0 Å². The maximum absolute atomic E-state index is 15.6. The summed E-state index contributed by atoms with van der Waals surface area (Å²) in [6.45, 7) is 0. The first kappa shape index (κ1) is 28.1. The lowest BCUT2D eigenvalue weighted by Gasteiger charge is -2.17. The molecule has 0 fully saturated rings. The largest absolute Gasteiger partial charge is 0.309 e. The summed E-state index contributed by atoms with van der Waals surface area (Å²) < 4.78 is 18.0. The molecular formula is C46H30NOP. The summed E-state index contributed by atoms with van der Waals surface area (Å²) in [5.41, 5.74) is 10.2. The monoisotopic (exact) mass is 643 g/mol. The van der Waals surface area contributed by atoms with Crippen LogP contribution in [0.5, 0.6) is 0 Å². The third kappa shape index (κ3) is 4.11. The fourth-order valence-corrected chi connectivity index (χ4v) is 11.3. The first-order chi connectivity index (χ1) is 24.2. The van der Waals surface area contributed by atoms with Crippen LogP contribution in [0.25, 0.3) is 71.6 Å². The molecule has 9 aromatic rings. The molecule has 49 heavy (non-hydrogen) atoms. The zero-order chi connectivity index (χ0) is 32.5. The average Bonchev–Trinajstić information content (AvgIpc) is 3.65. The van der Waals surface area contributed by atoms with Crippen LogP contribution in [0.3, 0.4) is 0 Å². The Morgan fingerprint density at radius 3 is 1.84 bits per heavy atom. The van der Waals surface area contributed by atoms with Crippen LogP contribution in [0.1, 0.15) is 0 Å². The van der Waals surface area contributed by atoms with Crippen LogP contribution in [0.4, 0.5) is 0 Å². The zero-order valence-electron chi connectivity index (χ0n) is 26.6. The van der Waals surface area contributed by atoms with Gasteiger partial charge in [-0.15, -0.1) is 0 Å². The number of benzene rings is 8. The van der Waals surface area contributed by atoms with E-state index in [2.05, 4.69) is 150 Å². The van der Waals surface area contributed by atoms with E-state index < -0.39 is 7.14 Å². The molecule has 1 atom stereocenters. The second-order valence-electron chi connectivity index (χ2n) is 12.8. The molecule has 8 aromatic carbocycles. The maximum Gasteiger partial charge on any atom is 0.172 e. The molecule has 230 valence electrons. The van der Waals surface area contributed by atoms with E-state index >= 15 is 4.57 Å². The van der Waals surface area contributed by atoms with Gasteiger partial charge in [0.05, 0.1) is 11.0 Å². The van der Waals surface area contributed by atoms with Gasteiger partial charge < -0.3 is 9.13 Å². The summed E-state index contributed by atoms with van der Waals surface area (Å²) in [5, 5.41) is 7.47. The molecule has 0 N–H and O–H groups in total. The second kappa shape index (κ2) is 10.8. The van der Waals surface area contributed by atoms with Gasteiger partial charge in [-0.2, -0.15) is 0 Å². The zero-order valence-corrected chi connectivity index (χ0v) is 27.5. The molecule has 3 heteroatoms. The van der Waals surface area contributed by atoms with Crippen LogP contribution in [-0.2, 0) is 4.57 Å². The Labute approximate surface area is 284 Å². The van der Waals surface area contributed by atoms with Gasteiger partial charge in [-0.05, 0) is 68.4 Å². The Morgan fingerprint density at radius 2 is 1.02 bits per heavy atom. The number of fused-ring (bicyclic) bond motifs is 8. The quantitative estimate of drug-likeness (QED) is 0.175. The van der Waals surface area contributed by atoms with Crippen molar-refractivity contribution in [2.75, 3.05) is 0 Å². The van der Waals surface area contributed by atoms with Gasteiger partial charge in [-0.25, -0.2) is 0 Å². The Morgan fingerprint density at radius 1 is 0.408 bits per heavy atom. The molecule has 0 aliphatic carbocycles. The molecule has 1 aromatic heterocycles. The van der Waals surface area contributed by atoms with Crippen molar-refractivity contribution in [2.45, 2.75) is 0 Å². The van der Waals surface area contributed by atoms with Crippen molar-refractivity contribution in [3.05, 3.63) is 182 Å². The maximum atomic E-state index is 15.6. The lowest BCUT2D eigenvalue weighted by atomic mass is 9.96. The molecule has 0 amide bonds. The van der Waals surface area contributed by atoms with Crippen molar-refractivity contribution >= 4 is 55.6 Å². The Kier molecular flexibility index (Phi) is 6.19. The van der Waals surface area contributed by atoms with E-state index in [1.165, 1.54) is 33.0 Å². The summed E-state index contributed by atoms with van der Waals surface area (Å²) in [5.74, 6) is 0. The van der Waals surface area contributed by atoms with Gasteiger partial charge in [-0.1, -0.05) is 158 Å². The fraction of sp³-hybridized carbons (Fsp3) is 0. The summed E-state index contributed by atoms with van der Waals surface area (Å²) in [4.78, 5) is 0. The van der Waals surface area contributed by atoms with Gasteiger partial charge in [0, 0.05) is 32.4 Å². The molecule has 0 saturated carbocycles. The smallest absolute Gasteiger partial charge is 0.172 e. The van der Waals surface area contributed by atoms with E-state index in [0.717, 1.165) is 54.5 Å². The molecule has 0 saturated heterocycles. The van der Waals surface area contributed by atoms with E-state index in [9.17, 15) is 0 Å². The van der Waals surface area contributed by atoms with E-state index in [0.29, 0.717) is 0 Å². The van der Waals surface area contributed by atoms with Crippen LogP contribution in [0.15, 0.2) is 182 Å². The number of para-hydroxylation sites is 1. The number of rotatable bonds is 4. The first-order valence-corrected chi connectivity index (χ1v) is 18.4. The lowest BCUT2D eigenvalue weighted by Crippen LogP contribution is -2.21. The molecule has 2 nitrogen and oxygen atoms in total. The molecular weight excluding hydrogens is 613 g/mol. The molecule has 10 rings (SSSR count). The minimum absolute atomic E-state index is 0.876. The van der Waals surface area contributed by atoms with E-state index in [-0.39, 0.29) is 0 Å². The van der Waals surface area contributed by atoms with Crippen LogP contribution in [-0.4, -0.2) is 4.57 Å². The van der Waals surface area contributed by atoms with Gasteiger partial charge in [-0.3, -0.25) is 0 Å². The number of aromatic nitrogens is 1. The number of hydrogen-bond donors (Lipinski definition) is 0. The molecule has 0 spiro atoms. The van der Waals surface area contributed by atoms with Crippen LogP contribution < -0.4 is 15.9 Å². The molecule has 1 aliphatic heterocycles. The average molecular weight is 644 g/mol. The topological polar surface area (TPSA) is 22.0 Å².